The van der Waals surface area contributed by atoms with Crippen LogP contribution in [0.15, 0.2) is 49.6 Å². The van der Waals surface area contributed by atoms with Gasteiger partial charge >= 0.3 is 0 Å². The third-order valence-electron chi connectivity index (χ3n) is 3.73. The predicted molar refractivity (Wildman–Crippen MR) is 105 cm³/mol. The van der Waals surface area contributed by atoms with Gasteiger partial charge in [-0.15, -0.1) is 11.3 Å². The van der Waals surface area contributed by atoms with Gasteiger partial charge in [0.2, 0.25) is 0 Å². The number of hydrogen-bond acceptors (Lipinski definition) is 7. The standard InChI is InChI=1S/C17H15BrN2O5S2/c1-10-15(18)17(25-19-10)20-27(22,23)14-7-8-26-16(14)12(21)9-11-5-3-4-6-13(11)24-2/h3-8,20H,9H2,1-2H3. The Labute approximate surface area is 168 Å². The van der Waals surface area contributed by atoms with Crippen LogP contribution in [0.5, 0.6) is 5.75 Å². The Morgan fingerprint density at radius 2 is 2.07 bits per heavy atom. The molecule has 2 aromatic heterocycles. The van der Waals surface area contributed by atoms with Crippen molar-refractivity contribution in [2.24, 2.45) is 0 Å². The van der Waals surface area contributed by atoms with Gasteiger partial charge in [0.05, 0.1) is 17.7 Å². The number of nitrogens with zero attached hydrogens (tertiary/aromatic N) is 1. The van der Waals surface area contributed by atoms with Crippen LogP contribution in [0.2, 0.25) is 0 Å². The highest BCUT2D eigenvalue weighted by Crippen LogP contribution is 2.31. The smallest absolute Gasteiger partial charge is 0.265 e. The number of halogens is 1. The van der Waals surface area contributed by atoms with E-state index in [0.29, 0.717) is 21.5 Å². The van der Waals surface area contributed by atoms with Crippen LogP contribution < -0.4 is 9.46 Å². The number of sulfonamides is 1. The Balaban J connectivity index is 1.88. The first-order valence-electron chi connectivity index (χ1n) is 7.70. The number of hydrogen-bond donors (Lipinski definition) is 1. The van der Waals surface area contributed by atoms with Gasteiger partial charge in [-0.3, -0.25) is 4.79 Å². The molecule has 0 saturated carbocycles. The molecule has 0 unspecified atom stereocenters. The highest BCUT2D eigenvalue weighted by Gasteiger charge is 2.27. The fourth-order valence-corrected chi connectivity index (χ4v) is 5.17. The number of para-hydroxylation sites is 1. The molecular weight excluding hydrogens is 456 g/mol. The molecule has 0 fully saturated rings. The quantitative estimate of drug-likeness (QED) is 0.523. The van der Waals surface area contributed by atoms with Crippen molar-refractivity contribution in [3.05, 3.63) is 56.3 Å². The lowest BCUT2D eigenvalue weighted by molar-refractivity contribution is 0.0993. The molecule has 0 atom stereocenters. The van der Waals surface area contributed by atoms with Gasteiger partial charge in [-0.05, 0) is 40.4 Å². The van der Waals surface area contributed by atoms with Crippen LogP contribution in [0, 0.1) is 6.92 Å². The highest BCUT2D eigenvalue weighted by atomic mass is 79.9. The Hall–Kier alpha value is -2.17. The molecule has 0 aliphatic rings. The number of ketones is 1. The van der Waals surface area contributed by atoms with E-state index in [0.717, 1.165) is 11.3 Å². The second kappa shape index (κ2) is 7.83. The van der Waals surface area contributed by atoms with Crippen LogP contribution in [-0.2, 0) is 16.4 Å². The number of thiophene rings is 1. The number of Topliss-reactive ketones (excluding diaryl/α,β-unsaturated/α-hetero) is 1. The molecule has 3 rings (SSSR count). The van der Waals surface area contributed by atoms with Crippen molar-refractivity contribution in [2.75, 3.05) is 11.8 Å². The van der Waals surface area contributed by atoms with Crippen LogP contribution >= 0.6 is 27.3 Å². The summed E-state index contributed by atoms with van der Waals surface area (Å²) in [6, 6.07) is 8.50. The summed E-state index contributed by atoms with van der Waals surface area (Å²) in [7, 11) is -2.50. The number of anilines is 1. The maximum Gasteiger partial charge on any atom is 0.265 e. The second-order valence-corrected chi connectivity index (χ2v) is 8.90. The summed E-state index contributed by atoms with van der Waals surface area (Å²) >= 11 is 4.28. The van der Waals surface area contributed by atoms with E-state index in [9.17, 15) is 13.2 Å². The van der Waals surface area contributed by atoms with Gasteiger partial charge in [0.1, 0.15) is 15.1 Å². The van der Waals surface area contributed by atoms with Crippen LogP contribution in [0.4, 0.5) is 5.88 Å². The molecule has 1 aromatic carbocycles. The molecule has 0 radical (unpaired) electrons. The van der Waals surface area contributed by atoms with Gasteiger partial charge in [0.15, 0.2) is 5.78 Å². The van der Waals surface area contributed by atoms with Crippen LogP contribution in [0.1, 0.15) is 20.9 Å². The summed E-state index contributed by atoms with van der Waals surface area (Å²) in [5.74, 6) is 0.218. The monoisotopic (exact) mass is 470 g/mol. The third-order valence-corrected chi connectivity index (χ3v) is 7.13. The second-order valence-electron chi connectivity index (χ2n) is 5.54. The van der Waals surface area contributed by atoms with Gasteiger partial charge in [0, 0.05) is 12.0 Å². The summed E-state index contributed by atoms with van der Waals surface area (Å²) in [5.41, 5.74) is 1.19. The fourth-order valence-electron chi connectivity index (χ4n) is 2.41. The lowest BCUT2D eigenvalue weighted by atomic mass is 10.1. The molecular formula is C17H15BrN2O5S2. The first-order valence-corrected chi connectivity index (χ1v) is 10.9. The Kier molecular flexibility index (Phi) is 5.68. The third kappa shape index (κ3) is 4.07. The predicted octanol–water partition coefficient (Wildman–Crippen LogP) is 4.04. The van der Waals surface area contributed by atoms with Crippen molar-refractivity contribution in [1.82, 2.24) is 5.16 Å². The molecule has 0 aliphatic heterocycles. The molecule has 0 bridgehead atoms. The summed E-state index contributed by atoms with van der Waals surface area (Å²) in [6.07, 6.45) is 0.0259. The molecule has 2 heterocycles. The first-order chi connectivity index (χ1) is 12.8. The molecule has 0 spiro atoms. The van der Waals surface area contributed by atoms with E-state index < -0.39 is 10.0 Å². The minimum atomic E-state index is -4.02. The van der Waals surface area contributed by atoms with Gasteiger partial charge in [0.25, 0.3) is 15.9 Å². The number of benzene rings is 1. The van der Waals surface area contributed by atoms with Crippen molar-refractivity contribution < 1.29 is 22.5 Å². The van der Waals surface area contributed by atoms with E-state index in [4.69, 9.17) is 9.26 Å². The molecule has 142 valence electrons. The van der Waals surface area contributed by atoms with E-state index in [1.807, 2.05) is 0 Å². The van der Waals surface area contributed by atoms with Crippen molar-refractivity contribution in [1.29, 1.82) is 0 Å². The highest BCUT2D eigenvalue weighted by molar-refractivity contribution is 9.10. The maximum absolute atomic E-state index is 12.8. The lowest BCUT2D eigenvalue weighted by Gasteiger charge is -2.09. The zero-order chi connectivity index (χ0) is 19.6. The van der Waals surface area contributed by atoms with E-state index in [1.54, 1.807) is 36.6 Å². The molecule has 27 heavy (non-hydrogen) atoms. The lowest BCUT2D eigenvalue weighted by Crippen LogP contribution is -2.16. The number of nitrogens with one attached hydrogen (secondary N) is 1. The number of carbonyl (C=O) groups excluding carboxylic acids is 1. The molecule has 7 nitrogen and oxygen atoms in total. The molecule has 0 amide bonds. The zero-order valence-corrected chi connectivity index (χ0v) is 17.6. The van der Waals surface area contributed by atoms with Gasteiger partial charge in [-0.2, -0.15) is 0 Å². The Morgan fingerprint density at radius 1 is 1.33 bits per heavy atom. The number of methoxy groups -OCH3 is 1. The summed E-state index contributed by atoms with van der Waals surface area (Å²) in [5, 5.41) is 5.25. The molecule has 0 aliphatic carbocycles. The summed E-state index contributed by atoms with van der Waals surface area (Å²) in [4.78, 5) is 12.8. The van der Waals surface area contributed by atoms with Crippen molar-refractivity contribution in [3.8, 4) is 5.75 Å². The summed E-state index contributed by atoms with van der Waals surface area (Å²) in [6.45, 7) is 1.66. The number of carbonyl (C=O) groups is 1. The molecule has 10 heteroatoms. The van der Waals surface area contributed by atoms with E-state index >= 15 is 0 Å². The van der Waals surface area contributed by atoms with Crippen LogP contribution in [0.25, 0.3) is 0 Å². The average molecular weight is 471 g/mol. The molecule has 1 N–H and O–H groups in total. The van der Waals surface area contributed by atoms with Crippen molar-refractivity contribution in [2.45, 2.75) is 18.2 Å². The average Bonchev–Trinajstić information content (AvgIpc) is 3.25. The SMILES string of the molecule is COc1ccccc1CC(=O)c1sccc1S(=O)(=O)Nc1onc(C)c1Br. The zero-order valence-electron chi connectivity index (χ0n) is 14.4. The van der Waals surface area contributed by atoms with Crippen LogP contribution in [0.3, 0.4) is 0 Å². The Morgan fingerprint density at radius 3 is 2.74 bits per heavy atom. The minimum absolute atomic E-state index is 0.0259. The molecule has 3 aromatic rings. The van der Waals surface area contributed by atoms with Gasteiger partial charge < -0.3 is 9.26 Å². The number of rotatable bonds is 7. The number of ether oxygens (including phenoxy) is 1. The van der Waals surface area contributed by atoms with Gasteiger partial charge in [-0.25, -0.2) is 13.1 Å². The van der Waals surface area contributed by atoms with Crippen LogP contribution in [-0.4, -0.2) is 26.5 Å². The van der Waals surface area contributed by atoms with E-state index in [2.05, 4.69) is 25.8 Å². The van der Waals surface area contributed by atoms with E-state index in [-0.39, 0.29) is 27.9 Å². The number of aromatic nitrogens is 1. The topological polar surface area (TPSA) is 98.5 Å². The first kappa shape index (κ1) is 19.6. The fraction of sp³-hybridized carbons (Fsp3) is 0.176. The van der Waals surface area contributed by atoms with Crippen molar-refractivity contribution in [3.63, 3.8) is 0 Å². The minimum Gasteiger partial charge on any atom is -0.496 e. The molecule has 0 saturated heterocycles. The Bertz CT molecular complexity index is 1090. The number of aryl methyl sites for hydroxylation is 1. The van der Waals surface area contributed by atoms with Crippen molar-refractivity contribution >= 4 is 49.0 Å². The largest absolute Gasteiger partial charge is 0.496 e. The maximum atomic E-state index is 12.8. The van der Waals surface area contributed by atoms with E-state index in [1.165, 1.54) is 13.2 Å². The normalized spacial score (nSPS) is 11.4. The summed E-state index contributed by atoms with van der Waals surface area (Å²) < 4.78 is 38.4. The van der Waals surface area contributed by atoms with Gasteiger partial charge in [-0.1, -0.05) is 23.4 Å².